The van der Waals surface area contributed by atoms with Crippen LogP contribution in [0.3, 0.4) is 0 Å². The Morgan fingerprint density at radius 3 is 2.29 bits per heavy atom. The fourth-order valence-electron chi connectivity index (χ4n) is 4.81. The highest BCUT2D eigenvalue weighted by molar-refractivity contribution is 9.10. The number of amides is 1. The lowest BCUT2D eigenvalue weighted by atomic mass is 9.82. The van der Waals surface area contributed by atoms with Gasteiger partial charge in [0.15, 0.2) is 11.6 Å². The predicted molar refractivity (Wildman–Crippen MR) is 167 cm³/mol. The average Bonchev–Trinajstić information content (AvgIpc) is 3.38. The minimum Gasteiger partial charge on any atom is -0.494 e. The highest BCUT2D eigenvalue weighted by Gasteiger charge is 2.54. The molecule has 0 spiro atoms. The van der Waals surface area contributed by atoms with Gasteiger partial charge in [-0.1, -0.05) is 98.6 Å². The van der Waals surface area contributed by atoms with E-state index in [1.807, 2.05) is 103 Å². The van der Waals surface area contributed by atoms with Gasteiger partial charge in [-0.05, 0) is 47.5 Å². The van der Waals surface area contributed by atoms with E-state index in [0.717, 1.165) is 31.2 Å². The van der Waals surface area contributed by atoms with Crippen molar-refractivity contribution in [1.82, 2.24) is 5.32 Å². The van der Waals surface area contributed by atoms with Crippen molar-refractivity contribution in [2.24, 2.45) is 4.99 Å². The lowest BCUT2D eigenvalue weighted by Crippen LogP contribution is -2.49. The van der Waals surface area contributed by atoms with Crippen molar-refractivity contribution in [2.45, 2.75) is 31.0 Å². The Balaban J connectivity index is 1.57. The van der Waals surface area contributed by atoms with Crippen molar-refractivity contribution in [3.63, 3.8) is 0 Å². The lowest BCUT2D eigenvalue weighted by molar-refractivity contribution is -0.129. The maximum Gasteiger partial charge on any atom is 0.252 e. The van der Waals surface area contributed by atoms with E-state index in [4.69, 9.17) is 19.6 Å². The molecule has 2 atom stereocenters. The first kappa shape index (κ1) is 29.0. The number of benzene rings is 4. The highest BCUT2D eigenvalue weighted by atomic mass is 79.9. The molecule has 0 unspecified atom stereocenters. The number of aliphatic hydroxyl groups excluding tert-OH is 1. The molecule has 1 heterocycles. The number of aliphatic imine (C=N–C) groups is 1. The quantitative estimate of drug-likeness (QED) is 0.171. The number of hydrogen-bond donors (Lipinski definition) is 2. The molecule has 0 saturated carbocycles. The molecule has 4 aromatic carbocycles. The lowest BCUT2D eigenvalue weighted by Gasteiger charge is -2.31. The van der Waals surface area contributed by atoms with Crippen LogP contribution in [0.5, 0.6) is 5.75 Å². The van der Waals surface area contributed by atoms with Crippen LogP contribution in [0.15, 0.2) is 117 Å². The van der Waals surface area contributed by atoms with Gasteiger partial charge < -0.3 is 19.9 Å². The number of halogens is 2. The summed E-state index contributed by atoms with van der Waals surface area (Å²) in [6.07, 6.45) is 0.171. The summed E-state index contributed by atoms with van der Waals surface area (Å²) >= 11 is 7.37. The molecule has 1 aliphatic rings. The Labute approximate surface area is 256 Å². The van der Waals surface area contributed by atoms with Gasteiger partial charge >= 0.3 is 0 Å². The van der Waals surface area contributed by atoms with E-state index in [1.54, 1.807) is 0 Å². The molecular formula is C33H30Br2N2O4. The topological polar surface area (TPSA) is 80.2 Å². The van der Waals surface area contributed by atoms with Crippen LogP contribution in [0, 0.1) is 0 Å². The summed E-state index contributed by atoms with van der Waals surface area (Å²) < 4.78 is 14.1. The van der Waals surface area contributed by atoms with E-state index in [0.29, 0.717) is 37.6 Å². The van der Waals surface area contributed by atoms with Gasteiger partial charge in [0, 0.05) is 46.1 Å². The molecule has 41 heavy (non-hydrogen) atoms. The van der Waals surface area contributed by atoms with Crippen LogP contribution in [-0.4, -0.2) is 35.7 Å². The molecule has 5 rings (SSSR count). The van der Waals surface area contributed by atoms with Gasteiger partial charge in [0.25, 0.3) is 5.91 Å². The molecule has 0 aliphatic carbocycles. The molecule has 210 valence electrons. The van der Waals surface area contributed by atoms with Crippen molar-refractivity contribution in [3.05, 3.63) is 134 Å². The molecule has 0 bridgehead atoms. The smallest absolute Gasteiger partial charge is 0.252 e. The SMILES string of the molecule is O=C(NCc1ccccc1)[C@]1(Cc2ccccc2Br)N=C(c2ccc(OCCCO)cc2)O[C@@H]1c1ccccc1Br. The number of nitrogens with one attached hydrogen (secondary N) is 1. The maximum absolute atomic E-state index is 14.4. The predicted octanol–water partition coefficient (Wildman–Crippen LogP) is 6.79. The Bertz CT molecular complexity index is 1510. The third-order valence-corrected chi connectivity index (χ3v) is 8.43. The maximum atomic E-state index is 14.4. The monoisotopic (exact) mass is 676 g/mol. The first-order valence-electron chi connectivity index (χ1n) is 13.4. The van der Waals surface area contributed by atoms with Gasteiger partial charge in [-0.25, -0.2) is 4.99 Å². The minimum atomic E-state index is -1.30. The van der Waals surface area contributed by atoms with Gasteiger partial charge in [-0.3, -0.25) is 4.79 Å². The number of ether oxygens (including phenoxy) is 2. The average molecular weight is 678 g/mol. The zero-order valence-corrected chi connectivity index (χ0v) is 25.5. The second-order valence-electron chi connectivity index (χ2n) is 9.75. The first-order valence-corrected chi connectivity index (χ1v) is 15.0. The largest absolute Gasteiger partial charge is 0.494 e. The Morgan fingerprint density at radius 1 is 0.902 bits per heavy atom. The van der Waals surface area contributed by atoms with Crippen molar-refractivity contribution in [2.75, 3.05) is 13.2 Å². The van der Waals surface area contributed by atoms with E-state index < -0.39 is 11.6 Å². The number of rotatable bonds is 11. The van der Waals surface area contributed by atoms with E-state index in [2.05, 4.69) is 37.2 Å². The number of carbonyl (C=O) groups excluding carboxylic acids is 1. The number of aliphatic hydroxyl groups is 1. The van der Waals surface area contributed by atoms with E-state index >= 15 is 0 Å². The van der Waals surface area contributed by atoms with Crippen LogP contribution < -0.4 is 10.1 Å². The third-order valence-electron chi connectivity index (χ3n) is 6.93. The molecular weight excluding hydrogens is 648 g/mol. The summed E-state index contributed by atoms with van der Waals surface area (Å²) in [5.74, 6) is 0.842. The van der Waals surface area contributed by atoms with Crippen LogP contribution in [0.1, 0.15) is 34.8 Å². The fraction of sp³-hybridized carbons (Fsp3) is 0.212. The molecule has 6 nitrogen and oxygen atoms in total. The zero-order chi connectivity index (χ0) is 28.7. The van der Waals surface area contributed by atoms with Crippen molar-refractivity contribution in [3.8, 4) is 5.75 Å². The standard InChI is InChI=1S/C33H30Br2N2O4/c34-28-13-6-4-11-25(28)21-33(32(39)36-22-23-9-2-1-3-10-23)30(27-12-5-7-14-29(27)35)41-31(37-33)24-15-17-26(18-16-24)40-20-8-19-38/h1-7,9-18,30,38H,8,19-22H2,(H,36,39)/t30-,33-/m1/s1. The van der Waals surface area contributed by atoms with Gasteiger partial charge in [0.1, 0.15) is 5.75 Å². The molecule has 0 radical (unpaired) electrons. The Kier molecular flexibility index (Phi) is 9.54. The van der Waals surface area contributed by atoms with Crippen LogP contribution in [-0.2, 0) is 22.5 Å². The summed E-state index contributed by atoms with van der Waals surface area (Å²) in [6.45, 7) is 0.865. The van der Waals surface area contributed by atoms with E-state index in [1.165, 1.54) is 0 Å². The third kappa shape index (κ3) is 6.72. The Morgan fingerprint density at radius 2 is 1.59 bits per heavy atom. The van der Waals surface area contributed by atoms with E-state index in [-0.39, 0.29) is 12.5 Å². The van der Waals surface area contributed by atoms with Crippen LogP contribution in [0.2, 0.25) is 0 Å². The number of nitrogens with zero attached hydrogens (tertiary/aromatic N) is 1. The normalized spacial score (nSPS) is 17.9. The van der Waals surface area contributed by atoms with Gasteiger partial charge in [0.05, 0.1) is 6.61 Å². The summed E-state index contributed by atoms with van der Waals surface area (Å²) in [6, 6.07) is 32.9. The summed E-state index contributed by atoms with van der Waals surface area (Å²) in [7, 11) is 0. The summed E-state index contributed by atoms with van der Waals surface area (Å²) in [4.78, 5) is 19.5. The second kappa shape index (κ2) is 13.5. The van der Waals surface area contributed by atoms with Gasteiger partial charge in [0.2, 0.25) is 5.90 Å². The molecule has 1 aliphatic heterocycles. The summed E-state index contributed by atoms with van der Waals surface area (Å²) in [5, 5.41) is 12.2. The molecule has 8 heteroatoms. The van der Waals surface area contributed by atoms with Crippen LogP contribution in [0.25, 0.3) is 0 Å². The Hall–Kier alpha value is -3.46. The number of hydrogen-bond acceptors (Lipinski definition) is 5. The number of carbonyl (C=O) groups is 1. The molecule has 1 amide bonds. The first-order chi connectivity index (χ1) is 20.0. The highest BCUT2D eigenvalue weighted by Crippen LogP contribution is 2.45. The van der Waals surface area contributed by atoms with Crippen LogP contribution in [0.4, 0.5) is 0 Å². The zero-order valence-electron chi connectivity index (χ0n) is 22.3. The minimum absolute atomic E-state index is 0.0745. The molecule has 2 N–H and O–H groups in total. The molecule has 4 aromatic rings. The van der Waals surface area contributed by atoms with Gasteiger partial charge in [-0.2, -0.15) is 0 Å². The van der Waals surface area contributed by atoms with Crippen LogP contribution >= 0.6 is 31.9 Å². The van der Waals surface area contributed by atoms with Gasteiger partial charge in [-0.15, -0.1) is 0 Å². The van der Waals surface area contributed by atoms with E-state index in [9.17, 15) is 4.79 Å². The van der Waals surface area contributed by atoms with Crippen molar-refractivity contribution >= 4 is 43.7 Å². The second-order valence-corrected chi connectivity index (χ2v) is 11.5. The van der Waals surface area contributed by atoms with Crippen molar-refractivity contribution < 1.29 is 19.4 Å². The molecule has 0 fully saturated rings. The molecule has 0 saturated heterocycles. The van der Waals surface area contributed by atoms with Crippen molar-refractivity contribution in [1.29, 1.82) is 0 Å². The fourth-order valence-corrected chi connectivity index (χ4v) is 5.73. The molecule has 0 aromatic heterocycles. The summed E-state index contributed by atoms with van der Waals surface area (Å²) in [5.41, 5.74) is 2.21.